The molecule has 73 heavy (non-hydrogen) atoms. The summed E-state index contributed by atoms with van der Waals surface area (Å²) in [5, 5.41) is 31.1. The van der Waals surface area contributed by atoms with Crippen LogP contribution in [0.4, 0.5) is 5.82 Å². The van der Waals surface area contributed by atoms with Crippen LogP contribution in [0, 0.1) is 5.92 Å². The third kappa shape index (κ3) is 32.7. The number of unbranched alkanes of at least 4 members (excludes halogenated alkanes) is 17. The van der Waals surface area contributed by atoms with Crippen LogP contribution in [0.15, 0.2) is 65.7 Å². The van der Waals surface area contributed by atoms with Crippen molar-refractivity contribution in [2.75, 3.05) is 25.6 Å². The van der Waals surface area contributed by atoms with E-state index in [1.165, 1.54) is 89.5 Å². The number of carbonyl (C=O) groups is 2. The van der Waals surface area contributed by atoms with Crippen molar-refractivity contribution in [3.63, 3.8) is 0 Å². The molecule has 1 aromatic heterocycles. The summed E-state index contributed by atoms with van der Waals surface area (Å²) in [4.78, 5) is 62.0. The lowest BCUT2D eigenvalue weighted by atomic mass is 10.0. The number of aromatic nitrogens is 2. The fourth-order valence-electron chi connectivity index (χ4n) is 7.75. The van der Waals surface area contributed by atoms with Crippen LogP contribution in [-0.4, -0.2) is 96.9 Å². The summed E-state index contributed by atoms with van der Waals surface area (Å²) in [5.41, 5.74) is 4.58. The second kappa shape index (κ2) is 39.1. The first-order valence-electron chi connectivity index (χ1n) is 26.6. The Balaban J connectivity index is 1.83. The summed E-state index contributed by atoms with van der Waals surface area (Å²) in [6, 6.07) is 1.24. The zero-order chi connectivity index (χ0) is 53.7. The highest BCUT2D eigenvalue weighted by molar-refractivity contribution is 7.61. The minimum absolute atomic E-state index is 0.00779. The molecule has 2 heterocycles. The van der Waals surface area contributed by atoms with E-state index >= 15 is 0 Å². The quantitative estimate of drug-likeness (QED) is 0.0117. The average molecular weight is 1070 g/mol. The maximum Gasteiger partial charge on any atom is 0.481 e. The molecule has 2 rings (SSSR count). The molecule has 418 valence electrons. The van der Waals surface area contributed by atoms with E-state index in [9.17, 15) is 48.6 Å². The molecule has 7 N–H and O–H groups in total. The Morgan fingerprint density at radius 3 is 2.01 bits per heavy atom. The number of nitrogens with zero attached hydrogens (tertiary/aromatic N) is 2. The summed E-state index contributed by atoms with van der Waals surface area (Å²) < 4.78 is 56.7. The van der Waals surface area contributed by atoms with Crippen molar-refractivity contribution >= 4 is 33.4 Å². The van der Waals surface area contributed by atoms with Gasteiger partial charge in [-0.2, -0.15) is 9.29 Å². The molecule has 0 spiro atoms. The molecule has 0 amide bonds. The van der Waals surface area contributed by atoms with E-state index in [2.05, 4.69) is 42.2 Å². The van der Waals surface area contributed by atoms with E-state index < -0.39 is 89.8 Å². The first kappa shape index (κ1) is 65.8. The fourth-order valence-corrected chi connectivity index (χ4v) is 9.86. The van der Waals surface area contributed by atoms with Gasteiger partial charge in [-0.3, -0.25) is 23.2 Å². The van der Waals surface area contributed by atoms with Crippen molar-refractivity contribution in [1.82, 2.24) is 9.55 Å². The highest BCUT2D eigenvalue weighted by Crippen LogP contribution is 2.60. The Hall–Kier alpha value is -3.32. The number of aliphatic hydroxyl groups excluding tert-OH is 3. The zero-order valence-electron chi connectivity index (χ0n) is 43.7. The minimum atomic E-state index is -5.45. The highest BCUT2D eigenvalue weighted by Gasteiger charge is 2.46. The van der Waals surface area contributed by atoms with Crippen LogP contribution >= 0.6 is 15.6 Å². The van der Waals surface area contributed by atoms with E-state index in [1.54, 1.807) is 18.2 Å². The van der Waals surface area contributed by atoms with Crippen LogP contribution in [0.25, 0.3) is 0 Å². The monoisotopic (exact) mass is 1070 g/mol. The van der Waals surface area contributed by atoms with Gasteiger partial charge in [0.15, 0.2) is 12.3 Å². The van der Waals surface area contributed by atoms with E-state index in [4.69, 9.17) is 29.0 Å². The Morgan fingerprint density at radius 1 is 0.767 bits per heavy atom. The van der Waals surface area contributed by atoms with Gasteiger partial charge in [-0.15, -0.1) is 0 Å². The van der Waals surface area contributed by atoms with Gasteiger partial charge in [0.05, 0.1) is 19.3 Å². The number of aliphatic hydroxyl groups is 3. The van der Waals surface area contributed by atoms with Crippen molar-refractivity contribution in [3.8, 4) is 0 Å². The molecule has 8 atom stereocenters. The van der Waals surface area contributed by atoms with Crippen LogP contribution in [0.3, 0.4) is 0 Å². The molecular weight excluding hydrogens is 985 g/mol. The molecule has 0 saturated carbocycles. The molecule has 0 aliphatic carbocycles. The molecule has 1 aliphatic heterocycles. The van der Waals surface area contributed by atoms with E-state index in [0.717, 1.165) is 55.2 Å². The topological polar surface area (TPSA) is 286 Å². The van der Waals surface area contributed by atoms with Gasteiger partial charge in [0.2, 0.25) is 0 Å². The molecule has 1 aliphatic rings. The summed E-state index contributed by atoms with van der Waals surface area (Å²) in [6.07, 6.45) is 32.2. The standard InChI is InChI=1S/C52H89N3O16P2/c1-4-5-6-7-8-15-19-23-28-33-43(56)34-29-24-21-26-30-35-47(57)66-39-44(69-48(58)36-31-25-20-17-14-12-10-9-11-13-16-18-22-27-32-42(2)3)40-67-72(62,63)71-73(64,65)68-41-45-49(59)50(60)51(70-45)55-38-37-46(53)54-52(55)61/h8,15,21,23-24,28-29,34,37-38,42-45,49-51,56,59-60H,4-7,9-14,16-20,22,25-27,30-33,35-36,39-41H2,1-3H3,(H,62,63)(H,64,65)(H2,53,54,61)/b15-8-,24-21+,28-23-,34-29-/t43?,44-,45-,49-,50-,51-/m1/s1. The average Bonchev–Trinajstić information content (AvgIpc) is 3.61. The van der Waals surface area contributed by atoms with Gasteiger partial charge in [-0.1, -0.05) is 172 Å². The van der Waals surface area contributed by atoms with Crippen LogP contribution in [0.5, 0.6) is 0 Å². The highest BCUT2D eigenvalue weighted by atomic mass is 31.3. The number of hydrogen-bond donors (Lipinski definition) is 6. The lowest BCUT2D eigenvalue weighted by molar-refractivity contribution is -0.161. The Labute approximate surface area is 433 Å². The number of rotatable bonds is 43. The molecule has 1 aromatic rings. The van der Waals surface area contributed by atoms with Crippen molar-refractivity contribution in [2.45, 2.75) is 218 Å². The molecule has 0 radical (unpaired) electrons. The third-order valence-electron chi connectivity index (χ3n) is 11.9. The number of anilines is 1. The molecule has 0 aromatic carbocycles. The normalized spacial score (nSPS) is 19.8. The summed E-state index contributed by atoms with van der Waals surface area (Å²) in [7, 11) is -10.9. The SMILES string of the molecule is CCCCC/C=C\C/C=C\CC(O)/C=C\C=C\CCCC(=O)OC[C@H](COP(=O)(O)OP(=O)(O)OC[C@H]1O[C@@H](n2ccc(N)nc2=O)[C@H](O)[C@@H]1O)OC(=O)CCCCCCCCCCCCCCCCC(C)C. The molecule has 1 saturated heterocycles. The number of nitrogens with two attached hydrogens (primary N) is 1. The molecule has 1 fully saturated rings. The zero-order valence-corrected chi connectivity index (χ0v) is 45.5. The van der Waals surface area contributed by atoms with Gasteiger partial charge in [-0.25, -0.2) is 13.9 Å². The van der Waals surface area contributed by atoms with E-state index in [-0.39, 0.29) is 18.7 Å². The van der Waals surface area contributed by atoms with Crippen LogP contribution in [-0.2, 0) is 46.3 Å². The van der Waals surface area contributed by atoms with Crippen LogP contribution < -0.4 is 11.4 Å². The molecule has 3 unspecified atom stereocenters. The summed E-state index contributed by atoms with van der Waals surface area (Å²) in [6.45, 7) is 4.32. The Bertz CT molecular complexity index is 1940. The number of ether oxygens (including phenoxy) is 3. The first-order chi connectivity index (χ1) is 34.9. The second-order valence-electron chi connectivity index (χ2n) is 19.1. The number of phosphoric ester groups is 2. The minimum Gasteiger partial charge on any atom is -0.462 e. The van der Waals surface area contributed by atoms with Crippen LogP contribution in [0.1, 0.15) is 188 Å². The lowest BCUT2D eigenvalue weighted by Gasteiger charge is -2.21. The number of allylic oxidation sites excluding steroid dienone is 6. The third-order valence-corrected chi connectivity index (χ3v) is 14.5. The number of esters is 2. The van der Waals surface area contributed by atoms with Gasteiger partial charge in [0.1, 0.15) is 30.7 Å². The maximum atomic E-state index is 12.9. The van der Waals surface area contributed by atoms with Gasteiger partial charge >= 0.3 is 33.3 Å². The molecule has 19 nitrogen and oxygen atoms in total. The van der Waals surface area contributed by atoms with Crippen molar-refractivity contribution in [1.29, 1.82) is 0 Å². The van der Waals surface area contributed by atoms with Gasteiger partial charge in [0.25, 0.3) is 0 Å². The van der Waals surface area contributed by atoms with Gasteiger partial charge < -0.3 is 45.1 Å². The number of phosphoric acid groups is 2. The smallest absolute Gasteiger partial charge is 0.462 e. The Kier molecular flexibility index (Phi) is 35.3. The number of carbonyl (C=O) groups excluding carboxylic acids is 2. The largest absolute Gasteiger partial charge is 0.481 e. The van der Waals surface area contributed by atoms with Crippen molar-refractivity contribution < 1.29 is 71.4 Å². The fraction of sp³-hybridized carbons (Fsp3) is 0.731. The van der Waals surface area contributed by atoms with Crippen LogP contribution in [0.2, 0.25) is 0 Å². The molecule has 21 heteroatoms. The predicted molar refractivity (Wildman–Crippen MR) is 281 cm³/mol. The summed E-state index contributed by atoms with van der Waals surface area (Å²) >= 11 is 0. The van der Waals surface area contributed by atoms with Gasteiger partial charge in [-0.05, 0) is 56.9 Å². The Morgan fingerprint density at radius 2 is 1.37 bits per heavy atom. The van der Waals surface area contributed by atoms with E-state index in [1.807, 2.05) is 18.2 Å². The number of hydrogen-bond acceptors (Lipinski definition) is 16. The lowest BCUT2D eigenvalue weighted by Crippen LogP contribution is -2.36. The van der Waals surface area contributed by atoms with E-state index in [0.29, 0.717) is 25.7 Å². The van der Waals surface area contributed by atoms with Gasteiger partial charge in [0, 0.05) is 19.0 Å². The van der Waals surface area contributed by atoms with Crippen molar-refractivity contribution in [2.24, 2.45) is 5.92 Å². The maximum absolute atomic E-state index is 12.9. The summed E-state index contributed by atoms with van der Waals surface area (Å²) in [5.74, 6) is -0.644. The van der Waals surface area contributed by atoms with Crippen molar-refractivity contribution in [3.05, 3.63) is 71.4 Å². The first-order valence-corrected chi connectivity index (χ1v) is 29.6. The molecular formula is C52H89N3O16P2. The number of nitrogen functional groups attached to an aromatic ring is 1. The second-order valence-corrected chi connectivity index (χ2v) is 22.1. The predicted octanol–water partition coefficient (Wildman–Crippen LogP) is 10.2. The molecule has 0 bridgehead atoms.